The van der Waals surface area contributed by atoms with E-state index in [1.54, 1.807) is 25.2 Å². The van der Waals surface area contributed by atoms with Crippen molar-refractivity contribution in [2.75, 3.05) is 27.2 Å². The number of allylic oxidation sites excluding steroid dienone is 14. The lowest BCUT2D eigenvalue weighted by molar-refractivity contribution is -0.293. The Labute approximate surface area is 330 Å². The van der Waals surface area contributed by atoms with Crippen LogP contribution in [0.5, 0.6) is 0 Å². The summed E-state index contributed by atoms with van der Waals surface area (Å²) in [7, 11) is 4.08. The number of amides is 1. The molecule has 0 bridgehead atoms. The van der Waals surface area contributed by atoms with Crippen LogP contribution in [0.1, 0.15) is 74.7 Å². The topological polar surface area (TPSA) is 136 Å². The molecule has 306 valence electrons. The molecule has 0 aromatic rings. The van der Waals surface area contributed by atoms with Crippen LogP contribution in [0.3, 0.4) is 0 Å². The number of nitrogens with zero attached hydrogens (tertiary/aromatic N) is 1. The van der Waals surface area contributed by atoms with E-state index in [0.717, 1.165) is 28.7 Å². The maximum atomic E-state index is 13.2. The first-order valence-corrected chi connectivity index (χ1v) is 19.7. The van der Waals surface area contributed by atoms with Crippen LogP contribution in [-0.4, -0.2) is 103 Å². The monoisotopic (exact) mass is 764 g/mol. The van der Waals surface area contributed by atoms with E-state index in [1.807, 2.05) is 103 Å². The Morgan fingerprint density at radius 3 is 2.40 bits per heavy atom. The third-order valence-electron chi connectivity index (χ3n) is 9.82. The molecule has 2 fully saturated rings. The molecule has 0 saturated carbocycles. The second kappa shape index (κ2) is 22.5. The number of ether oxygens (including phenoxy) is 4. The van der Waals surface area contributed by atoms with Gasteiger partial charge in [0, 0.05) is 24.6 Å². The normalized spacial score (nSPS) is 33.8. The van der Waals surface area contributed by atoms with Gasteiger partial charge in [-0.15, -0.1) is 0 Å². The second-order valence-corrected chi connectivity index (χ2v) is 16.2. The van der Waals surface area contributed by atoms with Gasteiger partial charge in [-0.25, -0.2) is 0 Å². The number of nitrogens with one attached hydrogen (secondary N) is 1. The smallest absolute Gasteiger partial charge is 0.247 e. The Balaban J connectivity index is 1.86. The van der Waals surface area contributed by atoms with Crippen LogP contribution in [0.4, 0.5) is 0 Å². The largest absolute Gasteiger partial charge is 0.388 e. The predicted molar refractivity (Wildman–Crippen MR) is 222 cm³/mol. The van der Waals surface area contributed by atoms with Gasteiger partial charge in [-0.1, -0.05) is 123 Å². The van der Waals surface area contributed by atoms with Crippen LogP contribution in [0, 0.1) is 11.8 Å². The summed E-state index contributed by atoms with van der Waals surface area (Å²) in [6, 6.07) is -0.651. The number of nitrogens with two attached hydrogens (primary N) is 1. The Morgan fingerprint density at radius 2 is 1.69 bits per heavy atom. The van der Waals surface area contributed by atoms with Gasteiger partial charge in [-0.05, 0) is 73.4 Å². The molecular weight excluding hydrogens is 695 g/mol. The summed E-state index contributed by atoms with van der Waals surface area (Å²) in [5.41, 5.74) is 8.81. The van der Waals surface area contributed by atoms with Crippen molar-refractivity contribution in [1.29, 1.82) is 0 Å². The molecule has 3 heterocycles. The lowest BCUT2D eigenvalue weighted by Crippen LogP contribution is -2.61. The molecule has 0 radical (unpaired) electrons. The summed E-state index contributed by atoms with van der Waals surface area (Å²) < 4.78 is 24.6. The zero-order valence-electron chi connectivity index (χ0n) is 34.9. The summed E-state index contributed by atoms with van der Waals surface area (Å²) in [5, 5.41) is 26.1. The number of hydrogen-bond acceptors (Lipinski definition) is 9. The molecule has 0 aromatic carbocycles. The molecule has 10 nitrogen and oxygen atoms in total. The van der Waals surface area contributed by atoms with Crippen molar-refractivity contribution in [3.8, 4) is 0 Å². The van der Waals surface area contributed by atoms with E-state index in [2.05, 4.69) is 37.1 Å². The number of carbonyl (C=O) groups is 1. The number of aliphatic hydroxyl groups excluding tert-OH is 1. The fourth-order valence-corrected chi connectivity index (χ4v) is 6.66. The van der Waals surface area contributed by atoms with Gasteiger partial charge >= 0.3 is 0 Å². The molecule has 3 aliphatic heterocycles. The molecule has 10 heteroatoms. The first kappa shape index (κ1) is 46.2. The van der Waals surface area contributed by atoms with Gasteiger partial charge in [-0.2, -0.15) is 0 Å². The lowest BCUT2D eigenvalue weighted by atomic mass is 9.96. The summed E-state index contributed by atoms with van der Waals surface area (Å²) in [6.45, 7) is 16.6. The minimum Gasteiger partial charge on any atom is -0.388 e. The van der Waals surface area contributed by atoms with E-state index in [4.69, 9.17) is 24.7 Å². The second-order valence-electron chi connectivity index (χ2n) is 16.2. The quantitative estimate of drug-likeness (QED) is 0.234. The number of carbonyl (C=O) groups excluding carboxylic acids is 1. The van der Waals surface area contributed by atoms with Gasteiger partial charge in [-0.3, -0.25) is 4.79 Å². The first-order chi connectivity index (χ1) is 25.9. The molecule has 1 amide bonds. The molecule has 55 heavy (non-hydrogen) atoms. The standard InChI is InChI=1S/C45H69N3O7/c1-30(2)23-36-25-33(5)18-12-11-15-22-45(8,51)39(21-14-13-17-31(3)19-16-20-32(4)24-34(6)28-47-43(36)50)55-44-41(46)42(49)38(29-52-44)54-40-27-37(48(9)10)26-35(7)53-40/h11-22,24-25,30,34-35,37-42,44,49,51H,23,26-29,46H2,1-10H3,(H,47,50). The third-order valence-corrected chi connectivity index (χ3v) is 9.82. The zero-order chi connectivity index (χ0) is 40.7. The van der Waals surface area contributed by atoms with Crippen molar-refractivity contribution in [1.82, 2.24) is 10.2 Å². The molecule has 0 aromatic heterocycles. The molecule has 5 N–H and O–H groups in total. The van der Waals surface area contributed by atoms with Crippen molar-refractivity contribution in [2.24, 2.45) is 17.6 Å². The van der Waals surface area contributed by atoms with Crippen molar-refractivity contribution < 1.29 is 34.0 Å². The van der Waals surface area contributed by atoms with Crippen LogP contribution >= 0.6 is 0 Å². The molecular formula is C45H69N3O7. The van der Waals surface area contributed by atoms with Crippen LogP contribution in [0.15, 0.2) is 107 Å². The van der Waals surface area contributed by atoms with E-state index in [9.17, 15) is 15.0 Å². The van der Waals surface area contributed by atoms with Crippen molar-refractivity contribution in [3.63, 3.8) is 0 Å². The predicted octanol–water partition coefficient (Wildman–Crippen LogP) is 6.37. The van der Waals surface area contributed by atoms with Gasteiger partial charge in [0.05, 0.1) is 18.8 Å². The van der Waals surface area contributed by atoms with Crippen LogP contribution in [0.25, 0.3) is 0 Å². The van der Waals surface area contributed by atoms with E-state index in [1.165, 1.54) is 0 Å². The van der Waals surface area contributed by atoms with Crippen molar-refractivity contribution in [3.05, 3.63) is 107 Å². The lowest BCUT2D eigenvalue weighted by Gasteiger charge is -2.43. The summed E-state index contributed by atoms with van der Waals surface area (Å²) in [5.74, 6) is 0.425. The highest BCUT2D eigenvalue weighted by molar-refractivity contribution is 5.93. The molecule has 0 aliphatic carbocycles. The van der Waals surface area contributed by atoms with Gasteiger partial charge in [0.1, 0.15) is 23.9 Å². The Kier molecular flexibility index (Phi) is 18.9. The average molecular weight is 764 g/mol. The van der Waals surface area contributed by atoms with Crippen molar-refractivity contribution >= 4 is 5.91 Å². The summed E-state index contributed by atoms with van der Waals surface area (Å²) in [6.07, 6.45) is 24.6. The maximum Gasteiger partial charge on any atom is 0.247 e. The molecule has 10 atom stereocenters. The van der Waals surface area contributed by atoms with Crippen LogP contribution in [0.2, 0.25) is 0 Å². The first-order valence-electron chi connectivity index (χ1n) is 19.7. The zero-order valence-corrected chi connectivity index (χ0v) is 34.9. The van der Waals surface area contributed by atoms with Gasteiger partial charge in [0.25, 0.3) is 0 Å². The van der Waals surface area contributed by atoms with Gasteiger partial charge in [0.2, 0.25) is 5.91 Å². The molecule has 10 unspecified atom stereocenters. The minimum atomic E-state index is -1.49. The van der Waals surface area contributed by atoms with E-state index in [0.29, 0.717) is 31.3 Å². The molecule has 2 saturated heterocycles. The number of hydrogen-bond donors (Lipinski definition) is 4. The molecule has 3 aliphatic rings. The summed E-state index contributed by atoms with van der Waals surface area (Å²) in [4.78, 5) is 15.4. The SMILES string of the molecule is CC1=CC=CC(C)=CC(C)CNC(=O)C(CC(C)C)=CC(C)=CC=CC=CC(C)(O)C(OC2OCC(OC3CC(N(C)C)CC(C)O3)C(O)C2N)C=CC=C1. The average Bonchev–Trinajstić information content (AvgIpc) is 3.10. The van der Waals surface area contributed by atoms with Crippen molar-refractivity contribution in [2.45, 2.75) is 129 Å². The third kappa shape index (κ3) is 16.1. The van der Waals surface area contributed by atoms with Crippen LogP contribution < -0.4 is 11.1 Å². The van der Waals surface area contributed by atoms with Crippen LogP contribution in [-0.2, 0) is 23.7 Å². The Bertz CT molecular complexity index is 1520. The number of aliphatic hydroxyl groups is 2. The fourth-order valence-electron chi connectivity index (χ4n) is 6.66. The minimum absolute atomic E-state index is 0.0159. The Morgan fingerprint density at radius 1 is 0.982 bits per heavy atom. The molecule has 3 rings (SSSR count). The van der Waals surface area contributed by atoms with E-state index < -0.39 is 42.5 Å². The fraction of sp³-hybridized carbons (Fsp3) is 0.578. The van der Waals surface area contributed by atoms with Gasteiger partial charge in [0.15, 0.2) is 12.6 Å². The van der Waals surface area contributed by atoms with E-state index in [-0.39, 0.29) is 24.5 Å². The highest BCUT2D eigenvalue weighted by Crippen LogP contribution is 2.29. The van der Waals surface area contributed by atoms with E-state index >= 15 is 0 Å². The number of rotatable bonds is 7. The van der Waals surface area contributed by atoms with Gasteiger partial charge < -0.3 is 45.1 Å². The maximum absolute atomic E-state index is 13.2. The summed E-state index contributed by atoms with van der Waals surface area (Å²) >= 11 is 0. The Hall–Kier alpha value is -3.19. The highest BCUT2D eigenvalue weighted by Gasteiger charge is 2.43. The molecule has 0 spiro atoms. The highest BCUT2D eigenvalue weighted by atomic mass is 16.7.